The van der Waals surface area contributed by atoms with E-state index >= 15 is 0 Å². The number of carbonyl (C=O) groups excluding carboxylic acids is 2. The molecule has 0 aromatic heterocycles. The summed E-state index contributed by atoms with van der Waals surface area (Å²) < 4.78 is 16.2. The Kier molecular flexibility index (Phi) is 7.63. The van der Waals surface area contributed by atoms with E-state index in [1.165, 1.54) is 6.08 Å². The first-order chi connectivity index (χ1) is 12.0. The molecule has 0 unspecified atom stereocenters. The van der Waals surface area contributed by atoms with Crippen LogP contribution in [0.3, 0.4) is 0 Å². The van der Waals surface area contributed by atoms with Crippen molar-refractivity contribution in [2.75, 3.05) is 13.2 Å². The zero-order valence-electron chi connectivity index (χ0n) is 16.8. The van der Waals surface area contributed by atoms with Crippen LogP contribution in [0.1, 0.15) is 40.2 Å². The Balaban J connectivity index is 3.18. The summed E-state index contributed by atoms with van der Waals surface area (Å²) in [5.41, 5.74) is 0.551. The van der Waals surface area contributed by atoms with Crippen LogP contribution in [0.15, 0.2) is 29.8 Å². The summed E-state index contributed by atoms with van der Waals surface area (Å²) in [6.07, 6.45) is 1.48. The van der Waals surface area contributed by atoms with Gasteiger partial charge in [0.15, 0.2) is 0 Å². The molecule has 0 amide bonds. The lowest BCUT2D eigenvalue weighted by molar-refractivity contribution is -0.146. The third kappa shape index (κ3) is 6.02. The van der Waals surface area contributed by atoms with Crippen molar-refractivity contribution in [1.29, 1.82) is 0 Å². The molecule has 5 nitrogen and oxygen atoms in total. The van der Waals surface area contributed by atoms with Crippen molar-refractivity contribution in [3.8, 4) is 5.75 Å². The van der Waals surface area contributed by atoms with Crippen molar-refractivity contribution in [2.45, 2.75) is 52.8 Å². The minimum Gasteiger partial charge on any atom is -0.543 e. The van der Waals surface area contributed by atoms with Gasteiger partial charge in [-0.3, -0.25) is 0 Å². The summed E-state index contributed by atoms with van der Waals surface area (Å²) in [5, 5.41) is 0.0693. The number of esters is 2. The monoisotopic (exact) mass is 378 g/mol. The normalized spacial score (nSPS) is 11.5. The molecule has 6 heteroatoms. The Morgan fingerprint density at radius 3 is 2.04 bits per heavy atom. The molecule has 0 aliphatic rings. The van der Waals surface area contributed by atoms with Crippen molar-refractivity contribution in [2.24, 2.45) is 0 Å². The van der Waals surface area contributed by atoms with Gasteiger partial charge >= 0.3 is 11.9 Å². The number of benzene rings is 1. The molecule has 0 aliphatic heterocycles. The highest BCUT2D eigenvalue weighted by molar-refractivity contribution is 6.74. The summed E-state index contributed by atoms with van der Waals surface area (Å²) in [6.45, 7) is 14.6. The van der Waals surface area contributed by atoms with Gasteiger partial charge in [-0.05, 0) is 55.8 Å². The van der Waals surface area contributed by atoms with Crippen LogP contribution in [0.5, 0.6) is 5.75 Å². The molecule has 0 bridgehead atoms. The van der Waals surface area contributed by atoms with E-state index in [1.807, 2.05) is 18.2 Å². The fraction of sp³-hybridized carbons (Fsp3) is 0.500. The maximum absolute atomic E-state index is 12.1. The van der Waals surface area contributed by atoms with Crippen molar-refractivity contribution < 1.29 is 23.5 Å². The van der Waals surface area contributed by atoms with Crippen LogP contribution in [0.4, 0.5) is 0 Å². The maximum Gasteiger partial charge on any atom is 0.345 e. The molecule has 144 valence electrons. The van der Waals surface area contributed by atoms with Gasteiger partial charge in [0.2, 0.25) is 8.32 Å². The van der Waals surface area contributed by atoms with Crippen LogP contribution in [0.25, 0.3) is 6.08 Å². The summed E-state index contributed by atoms with van der Waals surface area (Å²) in [5.74, 6) is -0.666. The minimum absolute atomic E-state index is 0.0693. The van der Waals surface area contributed by atoms with E-state index in [-0.39, 0.29) is 23.8 Å². The summed E-state index contributed by atoms with van der Waals surface area (Å²) in [7, 11) is -1.98. The van der Waals surface area contributed by atoms with Crippen molar-refractivity contribution >= 4 is 26.3 Å². The number of hydrogen-bond acceptors (Lipinski definition) is 5. The number of carbonyl (C=O) groups is 2. The summed E-state index contributed by atoms with van der Waals surface area (Å²) in [6, 6.07) is 7.34. The summed E-state index contributed by atoms with van der Waals surface area (Å²) >= 11 is 0. The van der Waals surface area contributed by atoms with Crippen molar-refractivity contribution in [3.05, 3.63) is 35.4 Å². The van der Waals surface area contributed by atoms with Crippen LogP contribution in [-0.2, 0) is 19.1 Å². The zero-order chi connectivity index (χ0) is 20.0. The van der Waals surface area contributed by atoms with Gasteiger partial charge in [0, 0.05) is 0 Å². The van der Waals surface area contributed by atoms with Crippen LogP contribution in [0.2, 0.25) is 18.1 Å². The third-order valence-electron chi connectivity index (χ3n) is 4.34. The first kappa shape index (κ1) is 22.0. The van der Waals surface area contributed by atoms with E-state index in [0.717, 1.165) is 5.75 Å². The van der Waals surface area contributed by atoms with E-state index in [0.29, 0.717) is 5.56 Å². The maximum atomic E-state index is 12.1. The molecule has 0 heterocycles. The fourth-order valence-electron chi connectivity index (χ4n) is 1.90. The van der Waals surface area contributed by atoms with E-state index in [9.17, 15) is 9.59 Å². The number of rotatable bonds is 7. The Labute approximate surface area is 157 Å². The molecule has 0 atom stereocenters. The lowest BCUT2D eigenvalue weighted by atomic mass is 10.1. The van der Waals surface area contributed by atoms with Gasteiger partial charge in [0.25, 0.3) is 0 Å². The minimum atomic E-state index is -1.98. The van der Waals surface area contributed by atoms with Gasteiger partial charge in [0.05, 0.1) is 13.2 Å². The predicted molar refractivity (Wildman–Crippen MR) is 106 cm³/mol. The van der Waals surface area contributed by atoms with E-state index in [1.54, 1.807) is 19.9 Å². The van der Waals surface area contributed by atoms with Gasteiger partial charge < -0.3 is 13.9 Å². The molecule has 1 aromatic carbocycles. The molecule has 0 fully saturated rings. The van der Waals surface area contributed by atoms with Crippen molar-refractivity contribution in [3.63, 3.8) is 0 Å². The SMILES string of the molecule is CCOC(=O)C(=Cc1cccc(O[Si](C)(C)C(C)(C)C)c1)C(=O)OCC. The van der Waals surface area contributed by atoms with Gasteiger partial charge in [-0.25, -0.2) is 9.59 Å². The largest absolute Gasteiger partial charge is 0.543 e. The lowest BCUT2D eigenvalue weighted by Crippen LogP contribution is -2.43. The van der Waals surface area contributed by atoms with Crippen molar-refractivity contribution in [1.82, 2.24) is 0 Å². The highest BCUT2D eigenvalue weighted by Gasteiger charge is 2.38. The second-order valence-corrected chi connectivity index (χ2v) is 12.2. The first-order valence-electron chi connectivity index (χ1n) is 8.87. The molecule has 0 saturated heterocycles. The van der Waals surface area contributed by atoms with E-state index in [4.69, 9.17) is 13.9 Å². The summed E-state index contributed by atoms with van der Waals surface area (Å²) in [4.78, 5) is 24.2. The van der Waals surface area contributed by atoms with E-state index in [2.05, 4.69) is 33.9 Å². The molecule has 0 saturated carbocycles. The Morgan fingerprint density at radius 2 is 1.58 bits per heavy atom. The zero-order valence-corrected chi connectivity index (χ0v) is 17.8. The quantitative estimate of drug-likeness (QED) is 0.228. The first-order valence-corrected chi connectivity index (χ1v) is 11.8. The molecule has 1 rings (SSSR count). The average Bonchev–Trinajstić information content (AvgIpc) is 2.51. The highest BCUT2D eigenvalue weighted by atomic mass is 28.4. The van der Waals surface area contributed by atoms with Gasteiger partial charge in [-0.1, -0.05) is 32.9 Å². The third-order valence-corrected chi connectivity index (χ3v) is 8.70. The number of hydrogen-bond donors (Lipinski definition) is 0. The van der Waals surface area contributed by atoms with Crippen LogP contribution >= 0.6 is 0 Å². The lowest BCUT2D eigenvalue weighted by Gasteiger charge is -2.36. The highest BCUT2D eigenvalue weighted by Crippen LogP contribution is 2.37. The molecule has 1 aromatic rings. The molecular weight excluding hydrogens is 348 g/mol. The average molecular weight is 379 g/mol. The molecular formula is C20H30O5Si. The predicted octanol–water partition coefficient (Wildman–Crippen LogP) is 4.58. The molecule has 26 heavy (non-hydrogen) atoms. The van der Waals surface area contributed by atoms with Gasteiger partial charge in [-0.15, -0.1) is 0 Å². The Hall–Kier alpha value is -2.08. The standard InChI is InChI=1S/C20H30O5Si/c1-8-23-18(21)17(19(22)24-9-2)14-15-11-10-12-16(13-15)25-26(6,7)20(3,4)5/h10-14H,8-9H2,1-7H3. The number of ether oxygens (including phenoxy) is 2. The topological polar surface area (TPSA) is 61.8 Å². The van der Waals surface area contributed by atoms with E-state index < -0.39 is 20.3 Å². The van der Waals surface area contributed by atoms with Crippen LogP contribution < -0.4 is 4.43 Å². The van der Waals surface area contributed by atoms with Gasteiger partial charge in [-0.2, -0.15) is 0 Å². The smallest absolute Gasteiger partial charge is 0.345 e. The molecule has 0 radical (unpaired) electrons. The second-order valence-electron chi connectivity index (χ2n) is 7.43. The fourth-order valence-corrected chi connectivity index (χ4v) is 2.92. The van der Waals surface area contributed by atoms with Crippen LogP contribution in [-0.4, -0.2) is 33.5 Å². The Bertz CT molecular complexity index is 651. The van der Waals surface area contributed by atoms with Crippen LogP contribution in [0, 0.1) is 0 Å². The molecule has 0 spiro atoms. The molecule has 0 N–H and O–H groups in total. The second kappa shape index (κ2) is 9.03. The Morgan fingerprint density at radius 1 is 1.04 bits per heavy atom. The molecule has 0 aliphatic carbocycles. The van der Waals surface area contributed by atoms with Gasteiger partial charge in [0.1, 0.15) is 11.3 Å².